The van der Waals surface area contributed by atoms with E-state index in [-0.39, 0.29) is 0 Å². The topological polar surface area (TPSA) is 12.4 Å². The first-order valence-corrected chi connectivity index (χ1v) is 11.2. The van der Waals surface area contributed by atoms with E-state index in [0.717, 1.165) is 35.1 Å². The standard InChI is InChI=1S/C29H23F2NS/c1-3-4-5-6-7-8-22-9-11-23(12-10-22)13-14-24-15-16-25(17-21(24)2)26-18-27(30)29(32-20-33)28(31)19-26/h9-12,15-19H,3-6H2,1-2H3. The molecule has 0 fully saturated rings. The van der Waals surface area contributed by atoms with Gasteiger partial charge in [-0.1, -0.05) is 55.6 Å². The summed E-state index contributed by atoms with van der Waals surface area (Å²) in [6.45, 7) is 4.10. The SMILES string of the molecule is CCCCCC#Cc1ccc(C#Cc2ccc(-c3cc(F)c(N=C=S)c(F)c3)cc2C)cc1. The van der Waals surface area contributed by atoms with E-state index >= 15 is 0 Å². The highest BCUT2D eigenvalue weighted by molar-refractivity contribution is 7.78. The second-order valence-electron chi connectivity index (χ2n) is 7.61. The van der Waals surface area contributed by atoms with Crippen LogP contribution >= 0.6 is 12.2 Å². The number of aliphatic imine (C=N–C) groups is 1. The molecule has 0 saturated heterocycles. The molecule has 0 aliphatic heterocycles. The molecular formula is C29H23F2NS. The summed E-state index contributed by atoms with van der Waals surface area (Å²) < 4.78 is 28.3. The third-order valence-corrected chi connectivity index (χ3v) is 5.19. The van der Waals surface area contributed by atoms with Crippen molar-refractivity contribution in [3.8, 4) is 34.8 Å². The molecule has 0 N–H and O–H groups in total. The van der Waals surface area contributed by atoms with Crippen molar-refractivity contribution < 1.29 is 8.78 Å². The first-order valence-electron chi connectivity index (χ1n) is 10.8. The molecule has 3 rings (SSSR count). The zero-order valence-corrected chi connectivity index (χ0v) is 19.5. The van der Waals surface area contributed by atoms with Crippen LogP contribution in [0.5, 0.6) is 0 Å². The Morgan fingerprint density at radius 3 is 2.09 bits per heavy atom. The van der Waals surface area contributed by atoms with Crippen LogP contribution in [-0.2, 0) is 0 Å². The van der Waals surface area contributed by atoms with Gasteiger partial charge in [0.2, 0.25) is 0 Å². The molecule has 4 heteroatoms. The van der Waals surface area contributed by atoms with Gasteiger partial charge < -0.3 is 0 Å². The maximum absolute atomic E-state index is 14.2. The van der Waals surface area contributed by atoms with E-state index in [2.05, 4.69) is 47.8 Å². The van der Waals surface area contributed by atoms with Crippen LogP contribution in [-0.4, -0.2) is 5.16 Å². The average molecular weight is 456 g/mol. The Bertz CT molecular complexity index is 1290. The highest BCUT2D eigenvalue weighted by Gasteiger charge is 2.12. The number of rotatable bonds is 5. The largest absolute Gasteiger partial charge is 0.204 e. The molecule has 0 aromatic heterocycles. The lowest BCUT2D eigenvalue weighted by molar-refractivity contribution is 0.588. The third kappa shape index (κ3) is 6.71. The first kappa shape index (κ1) is 24.1. The number of hydrogen-bond acceptors (Lipinski definition) is 2. The number of halogens is 2. The van der Waals surface area contributed by atoms with Crippen LogP contribution in [0.25, 0.3) is 11.1 Å². The second kappa shape index (κ2) is 11.9. The van der Waals surface area contributed by atoms with Gasteiger partial charge in [0.05, 0.1) is 5.16 Å². The van der Waals surface area contributed by atoms with E-state index < -0.39 is 17.3 Å². The molecule has 1 nitrogen and oxygen atoms in total. The summed E-state index contributed by atoms with van der Waals surface area (Å²) in [4.78, 5) is 3.45. The summed E-state index contributed by atoms with van der Waals surface area (Å²) in [5, 5.41) is 1.99. The van der Waals surface area contributed by atoms with E-state index in [9.17, 15) is 8.78 Å². The Morgan fingerprint density at radius 2 is 1.48 bits per heavy atom. The Morgan fingerprint density at radius 1 is 0.818 bits per heavy atom. The summed E-state index contributed by atoms with van der Waals surface area (Å²) >= 11 is 4.44. The predicted molar refractivity (Wildman–Crippen MR) is 135 cm³/mol. The predicted octanol–water partition coefficient (Wildman–Crippen LogP) is 8.01. The van der Waals surface area contributed by atoms with Gasteiger partial charge in [0.25, 0.3) is 0 Å². The third-order valence-electron chi connectivity index (χ3n) is 5.10. The van der Waals surface area contributed by atoms with Crippen LogP contribution < -0.4 is 0 Å². The van der Waals surface area contributed by atoms with Gasteiger partial charge in [-0.15, -0.1) is 0 Å². The van der Waals surface area contributed by atoms with Crippen molar-refractivity contribution in [3.63, 3.8) is 0 Å². The van der Waals surface area contributed by atoms with Gasteiger partial charge in [-0.2, -0.15) is 4.99 Å². The first-order chi connectivity index (χ1) is 16.0. The molecule has 0 aliphatic rings. The quantitative estimate of drug-likeness (QED) is 0.164. The fourth-order valence-electron chi connectivity index (χ4n) is 3.27. The van der Waals surface area contributed by atoms with E-state index in [1.807, 2.05) is 48.5 Å². The van der Waals surface area contributed by atoms with Crippen LogP contribution in [0.1, 0.15) is 54.9 Å². The Hall–Kier alpha value is -3.56. The second-order valence-corrected chi connectivity index (χ2v) is 7.79. The van der Waals surface area contributed by atoms with Crippen LogP contribution in [0.3, 0.4) is 0 Å². The maximum atomic E-state index is 14.2. The Labute approximate surface area is 199 Å². The van der Waals surface area contributed by atoms with Crippen LogP contribution in [0.15, 0.2) is 59.6 Å². The summed E-state index contributed by atoms with van der Waals surface area (Å²) in [7, 11) is 0. The molecule has 33 heavy (non-hydrogen) atoms. The zero-order valence-electron chi connectivity index (χ0n) is 18.6. The van der Waals surface area contributed by atoms with Gasteiger partial charge in [0.15, 0.2) is 11.6 Å². The van der Waals surface area contributed by atoms with Crippen molar-refractivity contribution in [3.05, 3.63) is 88.5 Å². The van der Waals surface area contributed by atoms with Gasteiger partial charge in [0, 0.05) is 23.1 Å². The fourth-order valence-corrected chi connectivity index (χ4v) is 3.36. The average Bonchev–Trinajstić information content (AvgIpc) is 2.81. The van der Waals surface area contributed by atoms with Gasteiger partial charge in [-0.05, 0) is 84.7 Å². The maximum Gasteiger partial charge on any atom is 0.153 e. The van der Waals surface area contributed by atoms with E-state index in [1.165, 1.54) is 25.0 Å². The molecule has 0 atom stereocenters. The Balaban J connectivity index is 1.75. The number of aryl methyl sites for hydroxylation is 1. The molecule has 0 bridgehead atoms. The minimum Gasteiger partial charge on any atom is -0.204 e. The minimum absolute atomic E-state index is 0.419. The molecule has 0 aliphatic carbocycles. The molecule has 0 saturated carbocycles. The number of nitrogens with zero attached hydrogens (tertiary/aromatic N) is 1. The van der Waals surface area contributed by atoms with Gasteiger partial charge >= 0.3 is 0 Å². The molecule has 3 aromatic carbocycles. The van der Waals surface area contributed by atoms with Gasteiger partial charge in [-0.25, -0.2) is 8.78 Å². The van der Waals surface area contributed by atoms with Gasteiger partial charge in [-0.3, -0.25) is 0 Å². The summed E-state index contributed by atoms with van der Waals surface area (Å²) in [5.41, 5.74) is 4.32. The number of hydrogen-bond donors (Lipinski definition) is 0. The van der Waals surface area contributed by atoms with Crippen LogP contribution in [0.4, 0.5) is 14.5 Å². The monoisotopic (exact) mass is 455 g/mol. The van der Waals surface area contributed by atoms with Crippen molar-refractivity contribution >= 4 is 23.1 Å². The van der Waals surface area contributed by atoms with Crippen molar-refractivity contribution in [1.29, 1.82) is 0 Å². The molecular weight excluding hydrogens is 432 g/mol. The van der Waals surface area contributed by atoms with Crippen LogP contribution in [0.2, 0.25) is 0 Å². The van der Waals surface area contributed by atoms with Crippen molar-refractivity contribution in [2.45, 2.75) is 39.5 Å². The molecule has 0 spiro atoms. The fraction of sp³-hybridized carbons (Fsp3) is 0.207. The van der Waals surface area contributed by atoms with Crippen molar-refractivity contribution in [2.24, 2.45) is 4.99 Å². The van der Waals surface area contributed by atoms with Crippen molar-refractivity contribution in [2.75, 3.05) is 0 Å². The number of benzene rings is 3. The van der Waals surface area contributed by atoms with E-state index in [1.54, 1.807) is 6.07 Å². The lowest BCUT2D eigenvalue weighted by atomic mass is 9.99. The normalized spacial score (nSPS) is 9.82. The number of unbranched alkanes of at least 4 members (excludes halogenated alkanes) is 3. The van der Waals surface area contributed by atoms with E-state index in [0.29, 0.717) is 11.1 Å². The zero-order chi connectivity index (χ0) is 23.6. The molecule has 0 unspecified atom stereocenters. The Kier molecular flexibility index (Phi) is 8.68. The molecule has 3 aromatic rings. The number of isothiocyanates is 1. The highest BCUT2D eigenvalue weighted by Crippen LogP contribution is 2.30. The lowest BCUT2D eigenvalue weighted by Crippen LogP contribution is -1.89. The lowest BCUT2D eigenvalue weighted by Gasteiger charge is -2.07. The van der Waals surface area contributed by atoms with E-state index in [4.69, 9.17) is 0 Å². The van der Waals surface area contributed by atoms with Crippen molar-refractivity contribution in [1.82, 2.24) is 0 Å². The number of thiocarbonyl (C=S) groups is 1. The molecule has 164 valence electrons. The van der Waals surface area contributed by atoms with Gasteiger partial charge in [0.1, 0.15) is 5.69 Å². The molecule has 0 amide bonds. The molecule has 0 heterocycles. The summed E-state index contributed by atoms with van der Waals surface area (Å²) in [6, 6.07) is 15.9. The highest BCUT2D eigenvalue weighted by atomic mass is 32.1. The molecule has 0 radical (unpaired) electrons. The van der Waals surface area contributed by atoms with Crippen LogP contribution in [0, 0.1) is 42.2 Å². The minimum atomic E-state index is -0.780. The smallest absolute Gasteiger partial charge is 0.153 e. The summed E-state index contributed by atoms with van der Waals surface area (Å²) in [6.07, 6.45) is 4.48. The summed E-state index contributed by atoms with van der Waals surface area (Å²) in [5.74, 6) is 11.2.